The van der Waals surface area contributed by atoms with Crippen molar-refractivity contribution >= 4 is 17.2 Å². The maximum absolute atomic E-state index is 13.4. The Kier molecular flexibility index (Phi) is 4.95. The van der Waals surface area contributed by atoms with Gasteiger partial charge in [-0.15, -0.1) is 0 Å². The zero-order valence-corrected chi connectivity index (χ0v) is 10.4. The molecule has 4 nitrogen and oxygen atoms in total. The van der Waals surface area contributed by atoms with Crippen LogP contribution in [0.5, 0.6) is 5.75 Å². The number of hydrogen-bond donors (Lipinski definition) is 2. The number of nitrogen functional groups attached to an aromatic ring is 1. The molecule has 0 aromatic heterocycles. The number of nitrogens with one attached hydrogen (secondary N) is 1. The number of nitrogens with two attached hydrogens (primary N) is 1. The molecule has 0 radical (unpaired) electrons. The molecule has 8 heteroatoms. The van der Waals surface area contributed by atoms with Crippen LogP contribution in [0.2, 0.25) is 0 Å². The van der Waals surface area contributed by atoms with Gasteiger partial charge in [-0.25, -0.2) is 17.6 Å². The minimum Gasteiger partial charge on any atom is -0.496 e. The van der Waals surface area contributed by atoms with E-state index in [2.05, 4.69) is 6.58 Å². The summed E-state index contributed by atoms with van der Waals surface area (Å²) < 4.78 is 55.0. The van der Waals surface area contributed by atoms with E-state index in [4.69, 9.17) is 10.5 Å². The first-order valence-electron chi connectivity index (χ1n) is 5.33. The van der Waals surface area contributed by atoms with Gasteiger partial charge in [-0.2, -0.15) is 0 Å². The van der Waals surface area contributed by atoms with Gasteiger partial charge in [0, 0.05) is 17.2 Å². The number of anilines is 1. The molecule has 0 saturated heterocycles. The van der Waals surface area contributed by atoms with E-state index < -0.39 is 30.0 Å². The number of ether oxygens (including phenoxy) is 1. The average molecular weight is 292 g/mol. The maximum Gasteiger partial charge on any atom is 0.287 e. The molecule has 0 aliphatic carbocycles. The fraction of sp³-hybridized carbons (Fsp3) is 0.250. The van der Waals surface area contributed by atoms with Crippen molar-refractivity contribution in [2.24, 2.45) is 0 Å². The monoisotopic (exact) mass is 292 g/mol. The number of alkyl halides is 3. The van der Waals surface area contributed by atoms with E-state index in [0.717, 1.165) is 12.1 Å². The third kappa shape index (κ3) is 3.40. The molecule has 0 aliphatic heterocycles. The Morgan fingerprint density at radius 1 is 1.40 bits per heavy atom. The summed E-state index contributed by atoms with van der Waals surface area (Å²) in [6.45, 7) is 3.31. The lowest BCUT2D eigenvalue weighted by atomic mass is 10.0. The summed E-state index contributed by atoms with van der Waals surface area (Å²) in [6, 6.07) is 1.95. The van der Waals surface area contributed by atoms with E-state index in [-0.39, 0.29) is 17.0 Å². The Bertz CT molecular complexity index is 534. The van der Waals surface area contributed by atoms with Crippen molar-refractivity contribution in [1.29, 1.82) is 0 Å². The maximum atomic E-state index is 13.4. The number of rotatable bonds is 5. The highest BCUT2D eigenvalue weighted by Gasteiger charge is 2.24. The number of hydrogen-bond acceptors (Lipinski definition) is 3. The van der Waals surface area contributed by atoms with E-state index in [1.54, 1.807) is 0 Å². The molecule has 0 spiro atoms. The highest BCUT2D eigenvalue weighted by Crippen LogP contribution is 2.29. The summed E-state index contributed by atoms with van der Waals surface area (Å²) in [4.78, 5) is 11.5. The fourth-order valence-electron chi connectivity index (χ4n) is 1.37. The van der Waals surface area contributed by atoms with Crippen LogP contribution in [0, 0.1) is 5.82 Å². The zero-order valence-electron chi connectivity index (χ0n) is 10.4. The minimum absolute atomic E-state index is 0.0107. The summed E-state index contributed by atoms with van der Waals surface area (Å²) >= 11 is 0. The number of halogens is 4. The molecule has 1 unspecified atom stereocenters. The fourth-order valence-corrected chi connectivity index (χ4v) is 1.37. The zero-order chi connectivity index (χ0) is 15.4. The molecule has 110 valence electrons. The van der Waals surface area contributed by atoms with Gasteiger partial charge >= 0.3 is 0 Å². The van der Waals surface area contributed by atoms with E-state index in [9.17, 15) is 22.4 Å². The first-order chi connectivity index (χ1) is 9.27. The largest absolute Gasteiger partial charge is 0.496 e. The average Bonchev–Trinajstić information content (AvgIpc) is 2.40. The predicted octanol–water partition coefficient (Wildman–Crippen LogP) is 2.11. The Hall–Kier alpha value is -2.25. The highest BCUT2D eigenvalue weighted by molar-refractivity contribution is 6.19. The van der Waals surface area contributed by atoms with E-state index in [0.29, 0.717) is 0 Å². The third-order valence-electron chi connectivity index (χ3n) is 2.41. The topological polar surface area (TPSA) is 64.4 Å². The van der Waals surface area contributed by atoms with Crippen LogP contribution in [0.3, 0.4) is 0 Å². The number of amides is 1. The minimum atomic E-state index is -3.38. The summed E-state index contributed by atoms with van der Waals surface area (Å²) in [5.74, 6) is -2.04. The van der Waals surface area contributed by atoms with Gasteiger partial charge in [0.05, 0.1) is 12.8 Å². The Morgan fingerprint density at radius 2 is 2.00 bits per heavy atom. The van der Waals surface area contributed by atoms with Gasteiger partial charge < -0.3 is 15.8 Å². The van der Waals surface area contributed by atoms with E-state index in [1.165, 1.54) is 12.4 Å². The second kappa shape index (κ2) is 6.27. The first kappa shape index (κ1) is 15.8. The molecule has 0 bridgehead atoms. The van der Waals surface area contributed by atoms with Crippen molar-refractivity contribution in [3.8, 4) is 5.75 Å². The lowest BCUT2D eigenvalue weighted by Crippen LogP contribution is -2.36. The van der Waals surface area contributed by atoms with Gasteiger partial charge in [0.15, 0.2) is 0 Å². The van der Waals surface area contributed by atoms with Crippen molar-refractivity contribution in [3.05, 3.63) is 30.1 Å². The van der Waals surface area contributed by atoms with E-state index in [1.807, 2.05) is 0 Å². The van der Waals surface area contributed by atoms with Gasteiger partial charge in [-0.3, -0.25) is 4.79 Å². The van der Waals surface area contributed by atoms with Crippen LogP contribution >= 0.6 is 0 Å². The molecule has 0 heterocycles. The molecule has 1 aromatic rings. The van der Waals surface area contributed by atoms with Crippen LogP contribution in [0.1, 0.15) is 5.56 Å². The molecule has 0 aliphatic rings. The van der Waals surface area contributed by atoms with Crippen LogP contribution in [-0.2, 0) is 4.79 Å². The van der Waals surface area contributed by atoms with Crippen molar-refractivity contribution in [1.82, 2.24) is 5.32 Å². The van der Waals surface area contributed by atoms with E-state index >= 15 is 0 Å². The molecular formula is C12H12F4N2O2. The first-order valence-corrected chi connectivity index (χ1v) is 5.33. The molecule has 1 aromatic carbocycles. The number of carbonyl (C=O) groups excluding carboxylic acids is 1. The molecule has 0 fully saturated rings. The van der Waals surface area contributed by atoms with Gasteiger partial charge in [0.1, 0.15) is 11.6 Å². The molecule has 20 heavy (non-hydrogen) atoms. The predicted molar refractivity (Wildman–Crippen MR) is 65.4 cm³/mol. The molecule has 0 saturated carbocycles. The van der Waals surface area contributed by atoms with Crippen molar-refractivity contribution in [3.63, 3.8) is 0 Å². The molecular weight excluding hydrogens is 280 g/mol. The molecule has 3 N–H and O–H groups in total. The lowest BCUT2D eigenvalue weighted by Gasteiger charge is -2.14. The summed E-state index contributed by atoms with van der Waals surface area (Å²) in [7, 11) is 1.23. The molecule has 1 atom stereocenters. The molecule has 1 amide bonds. The normalized spacial score (nSPS) is 12.1. The van der Waals surface area contributed by atoms with Crippen LogP contribution in [0.15, 0.2) is 18.7 Å². The van der Waals surface area contributed by atoms with Gasteiger partial charge in [0.2, 0.25) is 6.30 Å². The van der Waals surface area contributed by atoms with Crippen LogP contribution in [0.25, 0.3) is 5.57 Å². The Balaban J connectivity index is 3.03. The number of carbonyl (C=O) groups is 1. The second-order valence-corrected chi connectivity index (χ2v) is 3.76. The quantitative estimate of drug-likeness (QED) is 0.378. The standard InChI is InChI=1S/C12H12F4N2O2/c1-5(12(19)18-11(16)10(14)15)6-3-7(13)8(17)4-9(6)20-2/h3-4,10-11H,1,17H2,2H3,(H,18,19). The van der Waals surface area contributed by atoms with Gasteiger partial charge in [0.25, 0.3) is 12.3 Å². The summed E-state index contributed by atoms with van der Waals surface area (Å²) in [5, 5.41) is 1.40. The molecule has 1 rings (SSSR count). The third-order valence-corrected chi connectivity index (χ3v) is 2.41. The van der Waals surface area contributed by atoms with Gasteiger partial charge in [-0.1, -0.05) is 6.58 Å². The second-order valence-electron chi connectivity index (χ2n) is 3.76. The number of benzene rings is 1. The highest BCUT2D eigenvalue weighted by atomic mass is 19.3. The Labute approximate surface area is 112 Å². The van der Waals surface area contributed by atoms with Crippen molar-refractivity contribution in [2.45, 2.75) is 12.7 Å². The van der Waals surface area contributed by atoms with Crippen LogP contribution in [0.4, 0.5) is 23.2 Å². The smallest absolute Gasteiger partial charge is 0.287 e. The van der Waals surface area contributed by atoms with Crippen LogP contribution < -0.4 is 15.8 Å². The van der Waals surface area contributed by atoms with Gasteiger partial charge in [-0.05, 0) is 6.07 Å². The SMILES string of the molecule is C=C(C(=O)NC(F)C(F)F)c1cc(F)c(N)cc1OC. The Morgan fingerprint density at radius 3 is 2.50 bits per heavy atom. The van der Waals surface area contributed by atoms with Crippen molar-refractivity contribution in [2.75, 3.05) is 12.8 Å². The summed E-state index contributed by atoms with van der Waals surface area (Å²) in [6.07, 6.45) is -6.22. The lowest BCUT2D eigenvalue weighted by molar-refractivity contribution is -0.119. The van der Waals surface area contributed by atoms with Crippen molar-refractivity contribution < 1.29 is 27.1 Å². The van der Waals surface area contributed by atoms with Crippen LogP contribution in [-0.4, -0.2) is 25.7 Å². The summed E-state index contributed by atoms with van der Waals surface area (Å²) in [5.41, 5.74) is 4.55. The number of methoxy groups -OCH3 is 1.